The molecule has 3 rings (SSSR count). The highest BCUT2D eigenvalue weighted by Gasteiger charge is 2.14. The van der Waals surface area contributed by atoms with Crippen molar-refractivity contribution >= 4 is 5.78 Å². The number of aryl methyl sites for hydroxylation is 3. The monoisotopic (exact) mass is 268 g/mol. The standard InChI is InChI=1S/C18H17FO/c1-12-5-8-16(19)11-17(12)18(20)10-13-6-7-14-3-2-4-15(14)9-13/h5-9,11H,2-4,10H2,1H3. The molecule has 102 valence electrons. The smallest absolute Gasteiger partial charge is 0.167 e. The third kappa shape index (κ3) is 2.51. The first kappa shape index (κ1) is 13.0. The summed E-state index contributed by atoms with van der Waals surface area (Å²) in [4.78, 5) is 12.3. The van der Waals surface area contributed by atoms with Crippen molar-refractivity contribution in [3.8, 4) is 0 Å². The van der Waals surface area contributed by atoms with E-state index >= 15 is 0 Å². The number of ketones is 1. The van der Waals surface area contributed by atoms with E-state index in [9.17, 15) is 9.18 Å². The van der Waals surface area contributed by atoms with Gasteiger partial charge in [0.25, 0.3) is 0 Å². The predicted octanol–water partition coefficient (Wildman–Crippen LogP) is 4.05. The van der Waals surface area contributed by atoms with Gasteiger partial charge in [-0.25, -0.2) is 4.39 Å². The van der Waals surface area contributed by atoms with Crippen molar-refractivity contribution < 1.29 is 9.18 Å². The minimum atomic E-state index is -0.354. The highest BCUT2D eigenvalue weighted by Crippen LogP contribution is 2.23. The fraction of sp³-hybridized carbons (Fsp3) is 0.278. The number of hydrogen-bond donors (Lipinski definition) is 0. The molecule has 1 nitrogen and oxygen atoms in total. The molecule has 0 spiro atoms. The van der Waals surface area contributed by atoms with E-state index in [-0.39, 0.29) is 11.6 Å². The maximum absolute atomic E-state index is 13.3. The van der Waals surface area contributed by atoms with Crippen LogP contribution in [0.3, 0.4) is 0 Å². The molecule has 0 N–H and O–H groups in total. The Kier molecular flexibility index (Phi) is 3.39. The molecule has 2 aromatic rings. The second-order valence-electron chi connectivity index (χ2n) is 5.52. The normalized spacial score (nSPS) is 13.3. The zero-order valence-corrected chi connectivity index (χ0v) is 11.6. The number of Topliss-reactive ketones (excluding diaryl/α,β-unsaturated/α-hetero) is 1. The molecular formula is C18H17FO. The Labute approximate surface area is 118 Å². The van der Waals surface area contributed by atoms with E-state index in [1.165, 1.54) is 29.7 Å². The molecule has 0 unspecified atom stereocenters. The average Bonchev–Trinajstić information content (AvgIpc) is 2.89. The minimum absolute atomic E-state index is 0.0139. The van der Waals surface area contributed by atoms with E-state index in [1.54, 1.807) is 6.07 Å². The van der Waals surface area contributed by atoms with Crippen LogP contribution in [0.15, 0.2) is 36.4 Å². The highest BCUT2D eigenvalue weighted by molar-refractivity contribution is 5.98. The quantitative estimate of drug-likeness (QED) is 0.768. The maximum atomic E-state index is 13.3. The van der Waals surface area contributed by atoms with Crippen molar-refractivity contribution in [3.63, 3.8) is 0 Å². The van der Waals surface area contributed by atoms with Gasteiger partial charge in [0.2, 0.25) is 0 Å². The average molecular weight is 268 g/mol. The Hall–Kier alpha value is -1.96. The van der Waals surface area contributed by atoms with Gasteiger partial charge >= 0.3 is 0 Å². The number of carbonyl (C=O) groups is 1. The number of rotatable bonds is 3. The van der Waals surface area contributed by atoms with Crippen LogP contribution in [0, 0.1) is 12.7 Å². The Bertz CT molecular complexity index is 673. The molecule has 1 aliphatic carbocycles. The van der Waals surface area contributed by atoms with Crippen LogP contribution < -0.4 is 0 Å². The van der Waals surface area contributed by atoms with Crippen LogP contribution in [0.1, 0.15) is 39.0 Å². The van der Waals surface area contributed by atoms with Crippen LogP contribution >= 0.6 is 0 Å². The number of benzene rings is 2. The summed E-state index contributed by atoms with van der Waals surface area (Å²) in [6.07, 6.45) is 3.80. The van der Waals surface area contributed by atoms with Crippen LogP contribution in [0.5, 0.6) is 0 Å². The van der Waals surface area contributed by atoms with Crippen molar-refractivity contribution in [1.82, 2.24) is 0 Å². The van der Waals surface area contributed by atoms with E-state index in [0.29, 0.717) is 12.0 Å². The van der Waals surface area contributed by atoms with Crippen LogP contribution in [-0.2, 0) is 19.3 Å². The zero-order valence-electron chi connectivity index (χ0n) is 11.6. The van der Waals surface area contributed by atoms with Crippen LogP contribution in [0.2, 0.25) is 0 Å². The van der Waals surface area contributed by atoms with Gasteiger partial charge < -0.3 is 0 Å². The topological polar surface area (TPSA) is 17.1 Å². The molecule has 0 atom stereocenters. The Morgan fingerprint density at radius 2 is 1.90 bits per heavy atom. The van der Waals surface area contributed by atoms with Crippen molar-refractivity contribution in [2.45, 2.75) is 32.6 Å². The highest BCUT2D eigenvalue weighted by atomic mass is 19.1. The third-order valence-electron chi connectivity index (χ3n) is 4.03. The first-order chi connectivity index (χ1) is 9.63. The first-order valence-electron chi connectivity index (χ1n) is 7.03. The van der Waals surface area contributed by atoms with Gasteiger partial charge in [0.1, 0.15) is 5.82 Å². The molecule has 0 saturated heterocycles. The van der Waals surface area contributed by atoms with Gasteiger partial charge in [-0.1, -0.05) is 24.3 Å². The van der Waals surface area contributed by atoms with Gasteiger partial charge in [0, 0.05) is 12.0 Å². The lowest BCUT2D eigenvalue weighted by Crippen LogP contribution is -2.06. The fourth-order valence-electron chi connectivity index (χ4n) is 2.91. The van der Waals surface area contributed by atoms with Gasteiger partial charge in [-0.2, -0.15) is 0 Å². The molecule has 0 heterocycles. The second kappa shape index (κ2) is 5.20. The third-order valence-corrected chi connectivity index (χ3v) is 4.03. The lowest BCUT2D eigenvalue weighted by Gasteiger charge is -2.07. The molecule has 0 aliphatic heterocycles. The Balaban J connectivity index is 1.84. The summed E-state index contributed by atoms with van der Waals surface area (Å²) in [6.45, 7) is 1.84. The lowest BCUT2D eigenvalue weighted by molar-refractivity contribution is 0.0992. The van der Waals surface area contributed by atoms with Gasteiger partial charge in [-0.15, -0.1) is 0 Å². The number of fused-ring (bicyclic) bond motifs is 1. The van der Waals surface area contributed by atoms with Crippen molar-refractivity contribution in [2.75, 3.05) is 0 Å². The summed E-state index contributed by atoms with van der Waals surface area (Å²) in [7, 11) is 0. The van der Waals surface area contributed by atoms with E-state index in [1.807, 2.05) is 13.0 Å². The van der Waals surface area contributed by atoms with Gasteiger partial charge in [0.15, 0.2) is 5.78 Å². The van der Waals surface area contributed by atoms with Crippen LogP contribution in [0.25, 0.3) is 0 Å². The molecule has 0 fully saturated rings. The Morgan fingerprint density at radius 1 is 1.10 bits per heavy atom. The van der Waals surface area contributed by atoms with Crippen molar-refractivity contribution in [2.24, 2.45) is 0 Å². The first-order valence-corrected chi connectivity index (χ1v) is 7.03. The molecule has 0 radical (unpaired) electrons. The van der Waals surface area contributed by atoms with Crippen molar-refractivity contribution in [3.05, 3.63) is 70.0 Å². The number of halogens is 1. The predicted molar refractivity (Wildman–Crippen MR) is 77.6 cm³/mol. The summed E-state index contributed by atoms with van der Waals surface area (Å²) in [5, 5.41) is 0. The summed E-state index contributed by atoms with van der Waals surface area (Å²) in [6, 6.07) is 10.7. The van der Waals surface area contributed by atoms with Gasteiger partial charge in [-0.05, 0) is 60.6 Å². The van der Waals surface area contributed by atoms with Gasteiger partial charge in [0.05, 0.1) is 0 Å². The largest absolute Gasteiger partial charge is 0.294 e. The summed E-state index contributed by atoms with van der Waals surface area (Å²) < 4.78 is 13.3. The van der Waals surface area contributed by atoms with E-state index in [4.69, 9.17) is 0 Å². The van der Waals surface area contributed by atoms with E-state index in [2.05, 4.69) is 12.1 Å². The van der Waals surface area contributed by atoms with Crippen molar-refractivity contribution in [1.29, 1.82) is 0 Å². The summed E-state index contributed by atoms with van der Waals surface area (Å²) >= 11 is 0. The molecular weight excluding hydrogens is 251 g/mol. The molecule has 20 heavy (non-hydrogen) atoms. The molecule has 0 aromatic heterocycles. The summed E-state index contributed by atoms with van der Waals surface area (Å²) in [5.41, 5.74) is 5.12. The molecule has 0 amide bonds. The van der Waals surface area contributed by atoms with Gasteiger partial charge in [-0.3, -0.25) is 4.79 Å². The summed E-state index contributed by atoms with van der Waals surface area (Å²) in [5.74, 6) is -0.368. The number of hydrogen-bond acceptors (Lipinski definition) is 1. The SMILES string of the molecule is Cc1ccc(F)cc1C(=O)Cc1ccc2c(c1)CCC2. The lowest BCUT2D eigenvalue weighted by atomic mass is 9.97. The number of carbonyl (C=O) groups excluding carboxylic acids is 1. The maximum Gasteiger partial charge on any atom is 0.167 e. The molecule has 1 aliphatic rings. The van der Waals surface area contributed by atoms with Crippen LogP contribution in [-0.4, -0.2) is 5.78 Å². The molecule has 2 heteroatoms. The fourth-order valence-corrected chi connectivity index (χ4v) is 2.91. The molecule has 0 saturated carbocycles. The zero-order chi connectivity index (χ0) is 14.1. The minimum Gasteiger partial charge on any atom is -0.294 e. The molecule has 2 aromatic carbocycles. The van der Waals surface area contributed by atoms with E-state index < -0.39 is 0 Å². The van der Waals surface area contributed by atoms with Crippen LogP contribution in [0.4, 0.5) is 4.39 Å². The van der Waals surface area contributed by atoms with E-state index in [0.717, 1.165) is 24.0 Å². The Morgan fingerprint density at radius 3 is 2.75 bits per heavy atom. The molecule has 0 bridgehead atoms. The second-order valence-corrected chi connectivity index (χ2v) is 5.52.